The molecule has 0 spiro atoms. The van der Waals surface area contributed by atoms with Crippen LogP contribution in [-0.2, 0) is 29.4 Å². The Hall–Kier alpha value is -1.95. The highest BCUT2D eigenvalue weighted by Gasteiger charge is 2.37. The fourth-order valence-electron chi connectivity index (χ4n) is 1.84. The van der Waals surface area contributed by atoms with Gasteiger partial charge in [-0.25, -0.2) is 4.98 Å². The molecule has 0 radical (unpaired) electrons. The summed E-state index contributed by atoms with van der Waals surface area (Å²) in [6.45, 7) is 0. The Balaban J connectivity index is 2.54. The second-order valence-corrected chi connectivity index (χ2v) is 6.79. The molecule has 0 fully saturated rings. The Labute approximate surface area is 142 Å². The van der Waals surface area contributed by atoms with Crippen LogP contribution in [0.25, 0.3) is 0 Å². The molecule has 0 amide bonds. The van der Waals surface area contributed by atoms with E-state index in [9.17, 15) is 34.8 Å². The minimum absolute atomic E-state index is 0.112. The third kappa shape index (κ3) is 4.18. The van der Waals surface area contributed by atoms with Gasteiger partial charge in [-0.3, -0.25) is 4.72 Å². The quantitative estimate of drug-likeness (QED) is 0.785. The Bertz CT molecular complexity index is 872. The van der Waals surface area contributed by atoms with Gasteiger partial charge in [0.1, 0.15) is 0 Å². The van der Waals surface area contributed by atoms with E-state index in [2.05, 4.69) is 4.98 Å². The average Bonchev–Trinajstić information content (AvgIpc) is 2.77. The molecular formula is C12H8ClF6N3O2S. The summed E-state index contributed by atoms with van der Waals surface area (Å²) < 4.78 is 104. The van der Waals surface area contributed by atoms with Gasteiger partial charge in [0.15, 0.2) is 5.03 Å². The van der Waals surface area contributed by atoms with Gasteiger partial charge >= 0.3 is 12.4 Å². The van der Waals surface area contributed by atoms with E-state index in [1.165, 1.54) is 7.05 Å². The lowest BCUT2D eigenvalue weighted by Gasteiger charge is -2.15. The van der Waals surface area contributed by atoms with Crippen LogP contribution in [0.1, 0.15) is 11.1 Å². The van der Waals surface area contributed by atoms with Crippen molar-refractivity contribution in [2.24, 2.45) is 7.05 Å². The molecule has 1 aromatic carbocycles. The molecule has 13 heteroatoms. The summed E-state index contributed by atoms with van der Waals surface area (Å²) in [5.74, 6) is 0. The van der Waals surface area contributed by atoms with Crippen LogP contribution in [0.5, 0.6) is 0 Å². The zero-order chi connectivity index (χ0) is 19.2. The van der Waals surface area contributed by atoms with E-state index >= 15 is 0 Å². The van der Waals surface area contributed by atoms with Gasteiger partial charge in [0.25, 0.3) is 10.0 Å². The van der Waals surface area contributed by atoms with Crippen LogP contribution >= 0.6 is 11.6 Å². The van der Waals surface area contributed by atoms with Crippen molar-refractivity contribution in [2.45, 2.75) is 17.4 Å². The van der Waals surface area contributed by atoms with Crippen LogP contribution in [0.2, 0.25) is 5.28 Å². The lowest BCUT2D eigenvalue weighted by atomic mass is 10.1. The van der Waals surface area contributed by atoms with Crippen molar-refractivity contribution in [3.05, 3.63) is 40.8 Å². The molecule has 1 heterocycles. The first-order valence-corrected chi connectivity index (χ1v) is 8.07. The van der Waals surface area contributed by atoms with Gasteiger partial charge in [0.2, 0.25) is 5.28 Å². The minimum atomic E-state index is -5.10. The van der Waals surface area contributed by atoms with Crippen LogP contribution in [-0.4, -0.2) is 18.0 Å². The maximum Gasteiger partial charge on any atom is 0.416 e. The second-order valence-electron chi connectivity index (χ2n) is 4.82. The van der Waals surface area contributed by atoms with E-state index < -0.39 is 44.2 Å². The van der Waals surface area contributed by atoms with E-state index in [1.54, 1.807) is 4.72 Å². The van der Waals surface area contributed by atoms with Gasteiger partial charge in [0, 0.05) is 7.05 Å². The van der Waals surface area contributed by atoms with E-state index in [0.717, 1.165) is 10.8 Å². The summed E-state index contributed by atoms with van der Waals surface area (Å²) in [6, 6.07) is 0.397. The van der Waals surface area contributed by atoms with E-state index in [-0.39, 0.29) is 23.5 Å². The molecule has 0 atom stereocenters. The largest absolute Gasteiger partial charge is 0.416 e. The van der Waals surface area contributed by atoms with Crippen molar-refractivity contribution >= 4 is 27.3 Å². The normalized spacial score (nSPS) is 13.1. The third-order valence-corrected chi connectivity index (χ3v) is 4.79. The molecule has 0 unspecified atom stereocenters. The monoisotopic (exact) mass is 407 g/mol. The Morgan fingerprint density at radius 2 is 1.52 bits per heavy atom. The summed E-state index contributed by atoms with van der Waals surface area (Å²) in [4.78, 5) is 3.49. The van der Waals surface area contributed by atoms with Crippen molar-refractivity contribution in [1.29, 1.82) is 0 Å². The van der Waals surface area contributed by atoms with Crippen molar-refractivity contribution in [3.63, 3.8) is 0 Å². The molecule has 0 saturated heterocycles. The highest BCUT2D eigenvalue weighted by Crippen LogP contribution is 2.38. The molecule has 5 nitrogen and oxygen atoms in total. The molecule has 138 valence electrons. The van der Waals surface area contributed by atoms with Crippen LogP contribution in [0.15, 0.2) is 29.4 Å². The van der Waals surface area contributed by atoms with Crippen molar-refractivity contribution in [2.75, 3.05) is 4.72 Å². The zero-order valence-electron chi connectivity index (χ0n) is 12.1. The number of halogens is 7. The summed E-state index contributed by atoms with van der Waals surface area (Å²) in [7, 11) is -3.31. The second kappa shape index (κ2) is 6.09. The SMILES string of the molecule is Cn1c(S(=O)(=O)Nc2cc(C(F)(F)F)cc(C(F)(F)F)c2)cnc1Cl. The minimum Gasteiger partial charge on any atom is -0.307 e. The van der Waals surface area contributed by atoms with E-state index in [1.807, 2.05) is 0 Å². The third-order valence-electron chi connectivity index (χ3n) is 3.00. The molecule has 0 aliphatic carbocycles. The first kappa shape index (κ1) is 19.4. The molecule has 0 aliphatic heterocycles. The highest BCUT2D eigenvalue weighted by molar-refractivity contribution is 7.92. The molecule has 0 bridgehead atoms. The Morgan fingerprint density at radius 1 is 1.04 bits per heavy atom. The molecule has 1 N–H and O–H groups in total. The zero-order valence-corrected chi connectivity index (χ0v) is 13.6. The lowest BCUT2D eigenvalue weighted by molar-refractivity contribution is -0.143. The number of aromatic nitrogens is 2. The number of hydrogen-bond acceptors (Lipinski definition) is 3. The molecule has 2 aromatic rings. The summed E-state index contributed by atoms with van der Waals surface area (Å²) in [5, 5.41) is -0.774. The smallest absolute Gasteiger partial charge is 0.307 e. The molecule has 0 aliphatic rings. The lowest BCUT2D eigenvalue weighted by Crippen LogP contribution is -2.18. The maximum atomic E-state index is 12.8. The summed E-state index contributed by atoms with van der Waals surface area (Å²) >= 11 is 5.57. The van der Waals surface area contributed by atoms with Gasteiger partial charge in [0.05, 0.1) is 23.0 Å². The van der Waals surface area contributed by atoms with Crippen molar-refractivity contribution < 1.29 is 34.8 Å². The predicted molar refractivity (Wildman–Crippen MR) is 75.5 cm³/mol. The topological polar surface area (TPSA) is 64.0 Å². The van der Waals surface area contributed by atoms with Crippen molar-refractivity contribution in [3.8, 4) is 0 Å². The van der Waals surface area contributed by atoms with Crippen LogP contribution in [0.3, 0.4) is 0 Å². The molecule has 25 heavy (non-hydrogen) atoms. The standard InChI is InChI=1S/C12H8ClF6N3O2S/c1-22-9(5-20-10(22)13)25(23,24)21-8-3-6(11(14,15)16)2-7(4-8)12(17,18)19/h2-5,21H,1H3. The number of hydrogen-bond donors (Lipinski definition) is 1. The number of alkyl halides is 6. The fraction of sp³-hybridized carbons (Fsp3) is 0.250. The van der Waals surface area contributed by atoms with Crippen molar-refractivity contribution in [1.82, 2.24) is 9.55 Å². The predicted octanol–water partition coefficient (Wildman–Crippen LogP) is 3.91. The number of nitrogens with one attached hydrogen (secondary N) is 1. The van der Waals surface area contributed by atoms with Gasteiger partial charge < -0.3 is 4.57 Å². The maximum absolute atomic E-state index is 12.8. The number of sulfonamides is 1. The summed E-state index contributed by atoms with van der Waals surface area (Å²) in [6.07, 6.45) is -9.39. The highest BCUT2D eigenvalue weighted by atomic mass is 35.5. The van der Waals surface area contributed by atoms with Crippen LogP contribution in [0.4, 0.5) is 32.0 Å². The van der Waals surface area contributed by atoms with Crippen LogP contribution < -0.4 is 4.72 Å². The number of imidazole rings is 1. The molecule has 2 rings (SSSR count). The van der Waals surface area contributed by atoms with Gasteiger partial charge in [-0.2, -0.15) is 34.8 Å². The number of rotatable bonds is 3. The van der Waals surface area contributed by atoms with Gasteiger partial charge in [-0.05, 0) is 29.8 Å². The first-order chi connectivity index (χ1) is 11.2. The van der Waals surface area contributed by atoms with Crippen LogP contribution in [0, 0.1) is 0 Å². The molecule has 0 saturated carbocycles. The summed E-state index contributed by atoms with van der Waals surface area (Å²) in [5.41, 5.74) is -4.20. The molecular weight excluding hydrogens is 400 g/mol. The number of nitrogens with zero attached hydrogens (tertiary/aromatic N) is 2. The average molecular weight is 408 g/mol. The Kier molecular flexibility index (Phi) is 4.72. The number of benzene rings is 1. The van der Waals surface area contributed by atoms with E-state index in [4.69, 9.17) is 11.6 Å². The number of anilines is 1. The van der Waals surface area contributed by atoms with Gasteiger partial charge in [-0.15, -0.1) is 0 Å². The van der Waals surface area contributed by atoms with Gasteiger partial charge in [-0.1, -0.05) is 0 Å². The fourth-order valence-corrected chi connectivity index (χ4v) is 3.20. The first-order valence-electron chi connectivity index (χ1n) is 6.21. The van der Waals surface area contributed by atoms with E-state index in [0.29, 0.717) is 0 Å². The Morgan fingerprint density at radius 3 is 1.88 bits per heavy atom. The molecule has 1 aromatic heterocycles.